The zero-order valence-electron chi connectivity index (χ0n) is 8.72. The van der Waals surface area contributed by atoms with Crippen LogP contribution in [0.4, 0.5) is 5.69 Å². The molecule has 2 rings (SSSR count). The van der Waals surface area contributed by atoms with Crippen molar-refractivity contribution in [3.05, 3.63) is 46.6 Å². The van der Waals surface area contributed by atoms with Gasteiger partial charge < -0.3 is 5.73 Å². The number of nitriles is 1. The fourth-order valence-corrected chi connectivity index (χ4v) is 2.57. The van der Waals surface area contributed by atoms with E-state index >= 15 is 0 Å². The van der Waals surface area contributed by atoms with Gasteiger partial charge in [-0.1, -0.05) is 11.8 Å². The van der Waals surface area contributed by atoms with E-state index in [-0.39, 0.29) is 0 Å². The minimum atomic E-state index is 0.488. The van der Waals surface area contributed by atoms with Crippen molar-refractivity contribution in [1.82, 2.24) is 4.98 Å². The highest BCUT2D eigenvalue weighted by atomic mass is 79.9. The Balaban J connectivity index is 2.32. The van der Waals surface area contributed by atoms with Crippen molar-refractivity contribution in [2.24, 2.45) is 0 Å². The molecular formula is C12H8BrN3S. The average Bonchev–Trinajstić information content (AvgIpc) is 2.34. The summed E-state index contributed by atoms with van der Waals surface area (Å²) >= 11 is 4.92. The average molecular weight is 306 g/mol. The van der Waals surface area contributed by atoms with E-state index in [1.54, 1.807) is 18.3 Å². The highest BCUT2D eigenvalue weighted by Crippen LogP contribution is 2.32. The Bertz CT molecular complexity index is 593. The number of nitrogens with zero attached hydrogens (tertiary/aromatic N) is 2. The molecule has 0 aliphatic rings. The maximum atomic E-state index is 8.90. The molecular weight excluding hydrogens is 298 g/mol. The van der Waals surface area contributed by atoms with Crippen molar-refractivity contribution in [2.45, 2.75) is 9.92 Å². The molecule has 5 heteroatoms. The summed E-state index contributed by atoms with van der Waals surface area (Å²) in [5.41, 5.74) is 6.65. The van der Waals surface area contributed by atoms with Crippen LogP contribution in [0.25, 0.3) is 0 Å². The molecule has 17 heavy (non-hydrogen) atoms. The zero-order valence-corrected chi connectivity index (χ0v) is 11.1. The Morgan fingerprint density at radius 3 is 2.88 bits per heavy atom. The highest BCUT2D eigenvalue weighted by Gasteiger charge is 2.05. The molecule has 0 aliphatic heterocycles. The molecule has 84 valence electrons. The van der Waals surface area contributed by atoms with Crippen molar-refractivity contribution >= 4 is 33.4 Å². The van der Waals surface area contributed by atoms with Crippen molar-refractivity contribution < 1.29 is 0 Å². The van der Waals surface area contributed by atoms with E-state index in [2.05, 4.69) is 27.0 Å². The van der Waals surface area contributed by atoms with Crippen molar-refractivity contribution in [2.75, 3.05) is 5.73 Å². The smallest absolute Gasteiger partial charge is 0.115 e. The molecule has 0 bridgehead atoms. The van der Waals surface area contributed by atoms with Gasteiger partial charge in [0.15, 0.2) is 0 Å². The third-order valence-electron chi connectivity index (χ3n) is 2.08. The topological polar surface area (TPSA) is 62.7 Å². The lowest BCUT2D eigenvalue weighted by Crippen LogP contribution is -1.90. The van der Waals surface area contributed by atoms with Crippen LogP contribution in [-0.2, 0) is 0 Å². The lowest BCUT2D eigenvalue weighted by atomic mass is 10.2. The summed E-state index contributed by atoms with van der Waals surface area (Å²) in [6.07, 6.45) is 1.73. The molecule has 2 aromatic rings. The standard InChI is InChI=1S/C12H8BrN3S/c13-10-2-1-5-16-12(10)17-9-3-4-11(15)8(6-9)7-14/h1-6H,15H2. The van der Waals surface area contributed by atoms with Crippen LogP contribution in [0, 0.1) is 11.3 Å². The maximum Gasteiger partial charge on any atom is 0.115 e. The Labute approximate surface area is 112 Å². The van der Waals surface area contributed by atoms with Gasteiger partial charge in [-0.25, -0.2) is 4.98 Å². The van der Waals surface area contributed by atoms with Crippen molar-refractivity contribution in [3.63, 3.8) is 0 Å². The molecule has 3 nitrogen and oxygen atoms in total. The molecule has 1 aromatic heterocycles. The molecule has 0 unspecified atom stereocenters. The van der Waals surface area contributed by atoms with E-state index < -0.39 is 0 Å². The molecule has 0 radical (unpaired) electrons. The minimum absolute atomic E-state index is 0.488. The van der Waals surface area contributed by atoms with E-state index in [1.165, 1.54) is 11.8 Å². The fraction of sp³-hybridized carbons (Fsp3) is 0. The van der Waals surface area contributed by atoms with E-state index in [0.29, 0.717) is 11.3 Å². The first-order chi connectivity index (χ1) is 8.20. The van der Waals surface area contributed by atoms with Crippen LogP contribution in [0.2, 0.25) is 0 Å². The van der Waals surface area contributed by atoms with Crippen molar-refractivity contribution in [1.29, 1.82) is 5.26 Å². The first-order valence-corrected chi connectivity index (χ1v) is 6.39. The van der Waals surface area contributed by atoms with Gasteiger partial charge in [-0.3, -0.25) is 0 Å². The van der Waals surface area contributed by atoms with Crippen LogP contribution in [0.5, 0.6) is 0 Å². The lowest BCUT2D eigenvalue weighted by Gasteiger charge is -2.04. The molecule has 2 N–H and O–H groups in total. The summed E-state index contributed by atoms with van der Waals surface area (Å²) in [6.45, 7) is 0. The van der Waals surface area contributed by atoms with Gasteiger partial charge in [0.1, 0.15) is 11.1 Å². The number of aromatic nitrogens is 1. The SMILES string of the molecule is N#Cc1cc(Sc2ncccc2Br)ccc1N. The monoisotopic (exact) mass is 305 g/mol. The van der Waals surface area contributed by atoms with E-state index in [1.807, 2.05) is 18.2 Å². The molecule has 0 saturated carbocycles. The van der Waals surface area contributed by atoms with Gasteiger partial charge in [-0.05, 0) is 46.3 Å². The van der Waals surface area contributed by atoms with Crippen LogP contribution >= 0.6 is 27.7 Å². The van der Waals surface area contributed by atoms with Gasteiger partial charge in [0.05, 0.1) is 10.0 Å². The maximum absolute atomic E-state index is 8.90. The quantitative estimate of drug-likeness (QED) is 0.863. The largest absolute Gasteiger partial charge is 0.398 e. The Hall–Kier alpha value is -1.51. The molecule has 0 spiro atoms. The van der Waals surface area contributed by atoms with Crippen molar-refractivity contribution in [3.8, 4) is 6.07 Å². The van der Waals surface area contributed by atoms with Gasteiger partial charge >= 0.3 is 0 Å². The number of hydrogen-bond acceptors (Lipinski definition) is 4. The van der Waals surface area contributed by atoms with E-state index in [9.17, 15) is 0 Å². The van der Waals surface area contributed by atoms with Crippen LogP contribution < -0.4 is 5.73 Å². The van der Waals surface area contributed by atoms with Gasteiger partial charge in [0.25, 0.3) is 0 Å². The summed E-state index contributed by atoms with van der Waals surface area (Å²) in [7, 11) is 0. The zero-order chi connectivity index (χ0) is 12.3. The van der Waals surface area contributed by atoms with Crippen LogP contribution in [-0.4, -0.2) is 4.98 Å². The van der Waals surface area contributed by atoms with E-state index in [4.69, 9.17) is 11.0 Å². The first kappa shape index (κ1) is 12.0. The number of hydrogen-bond donors (Lipinski definition) is 1. The van der Waals surface area contributed by atoms with Gasteiger partial charge in [0.2, 0.25) is 0 Å². The molecule has 0 atom stereocenters. The predicted octanol–water partition coefficient (Wildman–Crippen LogP) is 3.45. The third-order valence-corrected chi connectivity index (χ3v) is 4.00. The molecule has 1 aromatic carbocycles. The summed E-state index contributed by atoms with van der Waals surface area (Å²) in [5, 5.41) is 9.76. The third kappa shape index (κ3) is 2.78. The number of pyridine rings is 1. The fourth-order valence-electron chi connectivity index (χ4n) is 1.25. The molecule has 0 aliphatic carbocycles. The second-order valence-electron chi connectivity index (χ2n) is 3.25. The van der Waals surface area contributed by atoms with Crippen LogP contribution in [0.3, 0.4) is 0 Å². The number of benzene rings is 1. The number of nitrogens with two attached hydrogens (primary N) is 1. The highest BCUT2D eigenvalue weighted by molar-refractivity contribution is 9.10. The normalized spacial score (nSPS) is 9.88. The summed E-state index contributed by atoms with van der Waals surface area (Å²) < 4.78 is 0.931. The molecule has 0 fully saturated rings. The summed E-state index contributed by atoms with van der Waals surface area (Å²) in [5.74, 6) is 0. The Morgan fingerprint density at radius 1 is 1.35 bits per heavy atom. The minimum Gasteiger partial charge on any atom is -0.398 e. The lowest BCUT2D eigenvalue weighted by molar-refractivity contribution is 1.11. The Morgan fingerprint density at radius 2 is 2.18 bits per heavy atom. The summed E-state index contributed by atoms with van der Waals surface area (Å²) in [4.78, 5) is 5.19. The second kappa shape index (κ2) is 5.21. The Kier molecular flexibility index (Phi) is 3.67. The van der Waals surface area contributed by atoms with Gasteiger partial charge in [-0.15, -0.1) is 0 Å². The molecule has 0 amide bonds. The first-order valence-electron chi connectivity index (χ1n) is 4.78. The molecule has 1 heterocycles. The summed E-state index contributed by atoms with van der Waals surface area (Å²) in [6, 6.07) is 11.2. The second-order valence-corrected chi connectivity index (χ2v) is 5.17. The van der Waals surface area contributed by atoms with Crippen LogP contribution in [0.1, 0.15) is 5.56 Å². The number of halogens is 1. The molecule has 0 saturated heterocycles. The predicted molar refractivity (Wildman–Crippen MR) is 71.6 cm³/mol. The number of nitrogen functional groups attached to an aromatic ring is 1. The van der Waals surface area contributed by atoms with Gasteiger partial charge in [-0.2, -0.15) is 5.26 Å². The van der Waals surface area contributed by atoms with Gasteiger partial charge in [0, 0.05) is 16.8 Å². The van der Waals surface area contributed by atoms with E-state index in [0.717, 1.165) is 14.4 Å². The number of rotatable bonds is 2. The van der Waals surface area contributed by atoms with Crippen LogP contribution in [0.15, 0.2) is 50.9 Å². The number of anilines is 1.